The van der Waals surface area contributed by atoms with Crippen molar-refractivity contribution in [2.24, 2.45) is 14.1 Å². The lowest BCUT2D eigenvalue weighted by Crippen LogP contribution is -2.30. The van der Waals surface area contributed by atoms with E-state index in [1.807, 2.05) is 0 Å². The van der Waals surface area contributed by atoms with Gasteiger partial charge in [0.05, 0.1) is 14.1 Å². The van der Waals surface area contributed by atoms with Gasteiger partial charge in [0.25, 0.3) is 5.82 Å². The van der Waals surface area contributed by atoms with Gasteiger partial charge in [0.15, 0.2) is 11.0 Å². The number of benzene rings is 1. The fraction of sp³-hybridized carbons (Fsp3) is 0.364. The van der Waals surface area contributed by atoms with Gasteiger partial charge in [-0.05, 0) is 24.6 Å². The molecule has 3 nitrogen and oxygen atoms in total. The molecule has 0 saturated heterocycles. The molecule has 0 saturated carbocycles. The summed E-state index contributed by atoms with van der Waals surface area (Å²) < 4.78 is 4.44. The van der Waals surface area contributed by atoms with E-state index in [-0.39, 0.29) is 5.48 Å². The zero-order valence-electron chi connectivity index (χ0n) is 9.07. The summed E-state index contributed by atoms with van der Waals surface area (Å²) in [6.07, 6.45) is 0. The highest BCUT2D eigenvalue weighted by Gasteiger charge is 2.14. The zero-order valence-corrected chi connectivity index (χ0v) is 9.07. The maximum atomic E-state index is 2.22. The van der Waals surface area contributed by atoms with Gasteiger partial charge in [-0.3, -0.25) is 0 Å². The first-order valence-electron chi connectivity index (χ1n) is 4.53. The highest BCUT2D eigenvalue weighted by atomic mass is 16.0. The van der Waals surface area contributed by atoms with Crippen molar-refractivity contribution in [3.8, 4) is 0 Å². The van der Waals surface area contributed by atoms with E-state index in [0.29, 0.717) is 0 Å². The Labute approximate surface area is 83.9 Å². The molecule has 1 aromatic heterocycles. The number of nitrogens with zero attached hydrogens (tertiary/aromatic N) is 2. The van der Waals surface area contributed by atoms with Crippen molar-refractivity contribution >= 4 is 11.0 Å². The Morgan fingerprint density at radius 3 is 2.50 bits per heavy atom. The van der Waals surface area contributed by atoms with Gasteiger partial charge in [-0.25, -0.2) is 9.13 Å². The molecule has 14 heavy (non-hydrogen) atoms. The second kappa shape index (κ2) is 3.42. The molecule has 0 bridgehead atoms. The smallest absolute Gasteiger partial charge is 0.253 e. The van der Waals surface area contributed by atoms with Crippen LogP contribution in [0.2, 0.25) is 0 Å². The average Bonchev–Trinajstić information content (AvgIpc) is 2.32. The lowest BCUT2D eigenvalue weighted by molar-refractivity contribution is -0.652. The van der Waals surface area contributed by atoms with E-state index < -0.39 is 0 Å². The van der Waals surface area contributed by atoms with Crippen LogP contribution >= 0.6 is 0 Å². The van der Waals surface area contributed by atoms with Crippen LogP contribution in [-0.2, 0) is 14.1 Å². The lowest BCUT2D eigenvalue weighted by atomic mass is 10.2. The molecule has 0 aliphatic carbocycles. The normalized spacial score (nSPS) is 10.3. The van der Waals surface area contributed by atoms with Crippen LogP contribution in [-0.4, -0.2) is 10.0 Å². The average molecular weight is 192 g/mol. The molecule has 0 spiro atoms. The molecule has 1 aromatic carbocycles. The van der Waals surface area contributed by atoms with Gasteiger partial charge < -0.3 is 5.48 Å². The second-order valence-corrected chi connectivity index (χ2v) is 3.66. The van der Waals surface area contributed by atoms with E-state index in [4.69, 9.17) is 0 Å². The minimum absolute atomic E-state index is 0. The van der Waals surface area contributed by atoms with Crippen LogP contribution < -0.4 is 4.57 Å². The van der Waals surface area contributed by atoms with Crippen molar-refractivity contribution < 1.29 is 10.0 Å². The summed E-state index contributed by atoms with van der Waals surface area (Å²) in [7, 11) is 4.21. The third-order valence-electron chi connectivity index (χ3n) is 2.82. The number of aromatic nitrogens is 2. The number of rotatable bonds is 0. The van der Waals surface area contributed by atoms with Gasteiger partial charge in [-0.15, -0.1) is 0 Å². The molecule has 0 unspecified atom stereocenters. The van der Waals surface area contributed by atoms with E-state index in [1.54, 1.807) is 0 Å². The summed E-state index contributed by atoms with van der Waals surface area (Å²) in [6, 6.07) is 6.56. The Kier molecular flexibility index (Phi) is 2.62. The van der Waals surface area contributed by atoms with Crippen LogP contribution in [0.1, 0.15) is 11.4 Å². The molecule has 0 aliphatic heterocycles. The number of imidazole rings is 1. The van der Waals surface area contributed by atoms with Crippen LogP contribution in [0.5, 0.6) is 0 Å². The summed E-state index contributed by atoms with van der Waals surface area (Å²) in [5.41, 5.74) is 3.92. The Morgan fingerprint density at radius 2 is 1.86 bits per heavy atom. The molecule has 0 atom stereocenters. The lowest BCUT2D eigenvalue weighted by Gasteiger charge is -1.90. The molecule has 2 aromatic rings. The Balaban J connectivity index is 0.000000980. The molecule has 76 valence electrons. The van der Waals surface area contributed by atoms with Crippen LogP contribution in [0.3, 0.4) is 0 Å². The zero-order chi connectivity index (χ0) is 9.59. The van der Waals surface area contributed by atoms with Gasteiger partial charge >= 0.3 is 0 Å². The molecule has 0 radical (unpaired) electrons. The van der Waals surface area contributed by atoms with Gasteiger partial charge in [-0.1, -0.05) is 6.07 Å². The summed E-state index contributed by atoms with van der Waals surface area (Å²) in [6.45, 7) is 4.26. The highest BCUT2D eigenvalue weighted by molar-refractivity contribution is 5.73. The second-order valence-electron chi connectivity index (χ2n) is 3.66. The summed E-state index contributed by atoms with van der Waals surface area (Å²) in [5.74, 6) is 1.28. The summed E-state index contributed by atoms with van der Waals surface area (Å²) >= 11 is 0. The molecule has 3 heteroatoms. The molecule has 1 N–H and O–H groups in total. The van der Waals surface area contributed by atoms with Gasteiger partial charge in [0, 0.05) is 6.92 Å². The van der Waals surface area contributed by atoms with Crippen molar-refractivity contribution in [1.82, 2.24) is 4.57 Å². The fourth-order valence-electron chi connectivity index (χ4n) is 1.76. The van der Waals surface area contributed by atoms with Crippen molar-refractivity contribution in [3.63, 3.8) is 0 Å². The van der Waals surface area contributed by atoms with Crippen molar-refractivity contribution in [3.05, 3.63) is 29.6 Å². The Morgan fingerprint density at radius 1 is 1.21 bits per heavy atom. The fourth-order valence-corrected chi connectivity index (χ4v) is 1.76. The standard InChI is InChI=1S/C11H15N2.H2O/c1-8-5-6-10-11(7-8)13(4)9(2)12(10)3;/h5-7H,1-4H3;1H2/q+1;/p-1. The topological polar surface area (TPSA) is 38.8 Å². The van der Waals surface area contributed by atoms with Crippen LogP contribution in [0, 0.1) is 13.8 Å². The highest BCUT2D eigenvalue weighted by Crippen LogP contribution is 2.13. The maximum absolute atomic E-state index is 2.22. The molecular formula is C11H16N2O. The van der Waals surface area contributed by atoms with Gasteiger partial charge in [0.2, 0.25) is 0 Å². The molecule has 0 amide bonds. The maximum Gasteiger partial charge on any atom is 0.253 e. The van der Waals surface area contributed by atoms with Gasteiger partial charge in [-0.2, -0.15) is 0 Å². The third-order valence-corrected chi connectivity index (χ3v) is 2.82. The first-order valence-corrected chi connectivity index (χ1v) is 4.53. The SMILES string of the molecule is Cc1ccc2c(c1)n(C)c(C)[n+]2C.[OH-]. The Hall–Kier alpha value is -1.35. The molecule has 2 rings (SSSR count). The summed E-state index contributed by atoms with van der Waals surface area (Å²) in [4.78, 5) is 0. The van der Waals surface area contributed by atoms with Crippen molar-refractivity contribution in [2.75, 3.05) is 0 Å². The van der Waals surface area contributed by atoms with E-state index in [9.17, 15) is 0 Å². The van der Waals surface area contributed by atoms with E-state index in [0.717, 1.165) is 0 Å². The number of hydrogen-bond donors (Lipinski definition) is 0. The van der Waals surface area contributed by atoms with Gasteiger partial charge in [0.1, 0.15) is 0 Å². The number of fused-ring (bicyclic) bond motifs is 1. The van der Waals surface area contributed by atoms with Crippen molar-refractivity contribution in [2.45, 2.75) is 13.8 Å². The minimum atomic E-state index is 0. The van der Waals surface area contributed by atoms with Crippen LogP contribution in [0.4, 0.5) is 0 Å². The number of hydrogen-bond acceptors (Lipinski definition) is 1. The summed E-state index contributed by atoms with van der Waals surface area (Å²) in [5, 5.41) is 0. The quantitative estimate of drug-likeness (QED) is 0.582. The predicted octanol–water partition coefficient (Wildman–Crippen LogP) is 1.44. The minimum Gasteiger partial charge on any atom is -0.870 e. The molecule has 1 heterocycles. The van der Waals surface area contributed by atoms with Crippen LogP contribution in [0.15, 0.2) is 18.2 Å². The monoisotopic (exact) mass is 192 g/mol. The van der Waals surface area contributed by atoms with E-state index in [2.05, 4.69) is 55.3 Å². The van der Waals surface area contributed by atoms with Crippen LogP contribution in [0.25, 0.3) is 11.0 Å². The van der Waals surface area contributed by atoms with E-state index in [1.165, 1.54) is 22.4 Å². The van der Waals surface area contributed by atoms with Crippen molar-refractivity contribution in [1.29, 1.82) is 0 Å². The van der Waals surface area contributed by atoms with E-state index >= 15 is 0 Å². The molecule has 0 aliphatic rings. The molecular weight excluding hydrogens is 176 g/mol. The largest absolute Gasteiger partial charge is 0.870 e. The third kappa shape index (κ3) is 1.30. The Bertz CT molecular complexity index is 472. The number of aryl methyl sites for hydroxylation is 3. The first kappa shape index (κ1) is 10.7. The predicted molar refractivity (Wildman–Crippen MR) is 55.5 cm³/mol. The molecule has 0 fully saturated rings. The first-order chi connectivity index (χ1) is 6.11.